The summed E-state index contributed by atoms with van der Waals surface area (Å²) >= 11 is 0. The van der Waals surface area contributed by atoms with Gasteiger partial charge in [0.1, 0.15) is 11.2 Å². The zero-order chi connectivity index (χ0) is 18.8. The van der Waals surface area contributed by atoms with E-state index in [-0.39, 0.29) is 17.2 Å². The van der Waals surface area contributed by atoms with E-state index in [1.807, 2.05) is 6.92 Å². The molecule has 1 aliphatic heterocycles. The molecule has 0 N–H and O–H groups in total. The topological polar surface area (TPSA) is 65.0 Å². The molecule has 4 bridgehead atoms. The van der Waals surface area contributed by atoms with Crippen molar-refractivity contribution in [2.75, 3.05) is 7.11 Å². The number of rotatable bonds is 2. The summed E-state index contributed by atoms with van der Waals surface area (Å²) < 4.78 is 5.13. The lowest BCUT2D eigenvalue weighted by Crippen LogP contribution is -2.67. The smallest absolute Gasteiger partial charge is 0.317 e. The van der Waals surface area contributed by atoms with Crippen LogP contribution in [-0.4, -0.2) is 30.2 Å². The van der Waals surface area contributed by atoms with Crippen LogP contribution in [0.3, 0.4) is 0 Å². The van der Waals surface area contributed by atoms with Crippen LogP contribution in [0, 0.1) is 33.5 Å². The van der Waals surface area contributed by atoms with E-state index in [0.717, 1.165) is 44.2 Å². The van der Waals surface area contributed by atoms with Gasteiger partial charge in [-0.2, -0.15) is 0 Å². The number of fused-ring (bicyclic) bond motifs is 1. The number of carbonyl (C=O) groups is 2. The number of Topliss-reactive ketones (excluding diaryl/α,β-unsaturated/α-hetero) is 1. The monoisotopic (exact) mass is 359 g/mol. The van der Waals surface area contributed by atoms with Gasteiger partial charge in [-0.15, -0.1) is 0 Å². The molecule has 0 radical (unpaired) electrons. The standard InChI is InChI=1S/C21H29NO4/c1-12(23)20-9-13-14(18(13,3)11-20)10-21(20)19(4)8-6-7-17(2,16(24)25-5)15(19)22-26-21/h13-14H,6-11H2,1-5H3/t13?,14-,17-,18+,19-,20+,21-/m1/s1. The van der Waals surface area contributed by atoms with Gasteiger partial charge in [0, 0.05) is 0 Å². The maximum absolute atomic E-state index is 13.0. The van der Waals surface area contributed by atoms with Gasteiger partial charge in [-0.3, -0.25) is 9.59 Å². The van der Waals surface area contributed by atoms with Crippen molar-refractivity contribution in [3.05, 3.63) is 0 Å². The van der Waals surface area contributed by atoms with Crippen LogP contribution in [0.25, 0.3) is 0 Å². The van der Waals surface area contributed by atoms with Crippen molar-refractivity contribution in [1.29, 1.82) is 0 Å². The number of ketones is 1. The Morgan fingerprint density at radius 1 is 1.15 bits per heavy atom. The van der Waals surface area contributed by atoms with Crippen LogP contribution in [0.5, 0.6) is 0 Å². The summed E-state index contributed by atoms with van der Waals surface area (Å²) in [5.41, 5.74) is -1.06. The zero-order valence-electron chi connectivity index (χ0n) is 16.5. The van der Waals surface area contributed by atoms with Crippen LogP contribution in [0.4, 0.5) is 0 Å². The summed E-state index contributed by atoms with van der Waals surface area (Å²) in [5, 5.41) is 4.57. The molecule has 5 saturated carbocycles. The van der Waals surface area contributed by atoms with Crippen molar-refractivity contribution in [2.45, 2.75) is 71.8 Å². The molecule has 7 atom stereocenters. The van der Waals surface area contributed by atoms with E-state index in [0.29, 0.717) is 17.3 Å². The highest BCUT2D eigenvalue weighted by Crippen LogP contribution is 2.85. The summed E-state index contributed by atoms with van der Waals surface area (Å²) in [7, 11) is 1.44. The Bertz CT molecular complexity index is 776. The molecule has 26 heavy (non-hydrogen) atoms. The third kappa shape index (κ3) is 1.41. The second-order valence-corrected chi connectivity index (χ2v) is 10.3. The minimum atomic E-state index is -0.753. The lowest BCUT2D eigenvalue weighted by Gasteiger charge is -2.58. The van der Waals surface area contributed by atoms with Crippen LogP contribution in [0.15, 0.2) is 5.16 Å². The van der Waals surface area contributed by atoms with Crippen LogP contribution in [0.1, 0.15) is 66.2 Å². The third-order valence-corrected chi connectivity index (χ3v) is 9.49. The van der Waals surface area contributed by atoms with Crippen LogP contribution in [-0.2, 0) is 19.2 Å². The molecule has 0 saturated heterocycles. The molecular weight excluding hydrogens is 330 g/mol. The van der Waals surface area contributed by atoms with Crippen molar-refractivity contribution >= 4 is 17.5 Å². The summed E-state index contributed by atoms with van der Waals surface area (Å²) in [6, 6.07) is 0. The van der Waals surface area contributed by atoms with Gasteiger partial charge in [-0.25, -0.2) is 0 Å². The normalized spacial score (nSPS) is 55.8. The Morgan fingerprint density at radius 3 is 2.42 bits per heavy atom. The fourth-order valence-electron chi connectivity index (χ4n) is 8.00. The first-order valence-electron chi connectivity index (χ1n) is 9.98. The lowest BCUT2D eigenvalue weighted by atomic mass is 9.44. The Kier molecular flexibility index (Phi) is 2.81. The van der Waals surface area contributed by atoms with E-state index in [1.54, 1.807) is 6.92 Å². The second kappa shape index (κ2) is 4.36. The van der Waals surface area contributed by atoms with E-state index in [1.165, 1.54) is 7.11 Å². The molecule has 6 aliphatic rings. The maximum Gasteiger partial charge on any atom is 0.317 e. The Balaban J connectivity index is 1.65. The molecule has 1 spiro atoms. The van der Waals surface area contributed by atoms with Crippen molar-refractivity contribution in [3.63, 3.8) is 0 Å². The van der Waals surface area contributed by atoms with E-state index < -0.39 is 16.4 Å². The van der Waals surface area contributed by atoms with Crippen molar-refractivity contribution in [3.8, 4) is 0 Å². The SMILES string of the molecule is COC(=O)[C@]1(C)CCC[C@]2(C)C1=NO[C@]21C[C@@H]2C3C[C@@]1(C(C)=O)C[C@@]32C. The fraction of sp³-hybridized carbons (Fsp3) is 0.857. The number of esters is 1. The lowest BCUT2D eigenvalue weighted by molar-refractivity contribution is -0.205. The summed E-state index contributed by atoms with van der Waals surface area (Å²) in [5.74, 6) is 1.29. The van der Waals surface area contributed by atoms with Gasteiger partial charge in [0.25, 0.3) is 0 Å². The highest BCUT2D eigenvalue weighted by atomic mass is 16.7. The van der Waals surface area contributed by atoms with Gasteiger partial charge in [-0.05, 0) is 63.2 Å². The molecule has 5 heteroatoms. The molecule has 0 aromatic rings. The number of methoxy groups -OCH3 is 1. The van der Waals surface area contributed by atoms with Gasteiger partial charge in [-0.1, -0.05) is 25.4 Å². The Morgan fingerprint density at radius 2 is 1.85 bits per heavy atom. The van der Waals surface area contributed by atoms with Crippen LogP contribution >= 0.6 is 0 Å². The second-order valence-electron chi connectivity index (χ2n) is 10.3. The predicted molar refractivity (Wildman–Crippen MR) is 95.4 cm³/mol. The van der Waals surface area contributed by atoms with E-state index in [4.69, 9.17) is 9.57 Å². The molecular formula is C21H29NO4. The molecule has 1 unspecified atom stereocenters. The number of nitrogens with zero attached hydrogens (tertiary/aromatic N) is 1. The van der Waals surface area contributed by atoms with Crippen molar-refractivity contribution < 1.29 is 19.2 Å². The number of hydrogen-bond donors (Lipinski definition) is 0. The van der Waals surface area contributed by atoms with E-state index in [9.17, 15) is 9.59 Å². The highest BCUT2D eigenvalue weighted by Gasteiger charge is 2.86. The third-order valence-electron chi connectivity index (χ3n) is 9.49. The largest absolute Gasteiger partial charge is 0.468 e. The van der Waals surface area contributed by atoms with E-state index in [2.05, 4.69) is 19.0 Å². The van der Waals surface area contributed by atoms with Gasteiger partial charge in [0.15, 0.2) is 5.60 Å². The average Bonchev–Trinajstić information content (AvgIpc) is 2.87. The number of ether oxygens (including phenoxy) is 1. The van der Waals surface area contributed by atoms with Crippen LogP contribution in [0.2, 0.25) is 0 Å². The first-order valence-corrected chi connectivity index (χ1v) is 9.98. The molecule has 5 fully saturated rings. The molecule has 5 nitrogen and oxygen atoms in total. The van der Waals surface area contributed by atoms with Crippen LogP contribution < -0.4 is 0 Å². The minimum Gasteiger partial charge on any atom is -0.468 e. The average molecular weight is 359 g/mol. The summed E-state index contributed by atoms with van der Waals surface area (Å²) in [6.45, 7) is 8.22. The first kappa shape index (κ1) is 16.8. The molecule has 1 heterocycles. The zero-order valence-corrected chi connectivity index (χ0v) is 16.5. The predicted octanol–water partition coefficient (Wildman–Crippen LogP) is 3.51. The van der Waals surface area contributed by atoms with Crippen molar-refractivity contribution in [2.24, 2.45) is 38.7 Å². The molecule has 0 aromatic carbocycles. The minimum absolute atomic E-state index is 0.238. The van der Waals surface area contributed by atoms with E-state index >= 15 is 0 Å². The van der Waals surface area contributed by atoms with Gasteiger partial charge in [0.2, 0.25) is 0 Å². The highest BCUT2D eigenvalue weighted by molar-refractivity contribution is 6.11. The fourth-order valence-corrected chi connectivity index (χ4v) is 8.00. The first-order chi connectivity index (χ1) is 12.1. The van der Waals surface area contributed by atoms with Crippen molar-refractivity contribution in [1.82, 2.24) is 0 Å². The molecule has 0 aromatic heterocycles. The molecule has 0 amide bonds. The quantitative estimate of drug-likeness (QED) is 0.708. The van der Waals surface area contributed by atoms with Gasteiger partial charge >= 0.3 is 5.97 Å². The summed E-state index contributed by atoms with van der Waals surface area (Å²) in [6.07, 6.45) is 5.31. The maximum atomic E-state index is 13.0. The molecule has 6 rings (SSSR count). The number of oxime groups is 1. The summed E-state index contributed by atoms with van der Waals surface area (Å²) in [4.78, 5) is 32.0. The number of hydrogen-bond acceptors (Lipinski definition) is 5. The molecule has 142 valence electrons. The Hall–Kier alpha value is -1.39. The van der Waals surface area contributed by atoms with Gasteiger partial charge < -0.3 is 9.57 Å². The molecule has 5 aliphatic carbocycles. The number of carbonyl (C=O) groups excluding carboxylic acids is 2. The van der Waals surface area contributed by atoms with Gasteiger partial charge in [0.05, 0.1) is 23.7 Å². The Labute approximate surface area is 154 Å².